The lowest BCUT2D eigenvalue weighted by Crippen LogP contribution is -2.37. The number of hydrogen-bond acceptors (Lipinski definition) is 24. The highest BCUT2D eigenvalue weighted by Crippen LogP contribution is 2.37. The lowest BCUT2D eigenvalue weighted by Gasteiger charge is -2.16. The summed E-state index contributed by atoms with van der Waals surface area (Å²) in [5, 5.41) is 16.1. The summed E-state index contributed by atoms with van der Waals surface area (Å²) in [6.45, 7) is 9.14. The molecule has 0 radical (unpaired) electrons. The molecule has 9 rings (SSSR count). The molecule has 9 aromatic rings. The molecule has 2 amide bonds. The van der Waals surface area contributed by atoms with Gasteiger partial charge in [0, 0.05) is 13.1 Å². The van der Waals surface area contributed by atoms with Crippen molar-refractivity contribution >= 4 is 151 Å². The largest absolute Gasteiger partial charge is 0.495 e. The maximum absolute atomic E-state index is 13.9. The topological polar surface area (TPSA) is 378 Å². The molecular weight excluding hydrogens is 1640 g/mol. The van der Waals surface area contributed by atoms with Gasteiger partial charge < -0.3 is 62.9 Å². The molecule has 0 aliphatic heterocycles. The van der Waals surface area contributed by atoms with Crippen LogP contribution in [0.3, 0.4) is 0 Å². The number of aromatic nitrogens is 6. The first-order chi connectivity index (χ1) is 52.4. The highest BCUT2D eigenvalue weighted by molar-refractivity contribution is 7.92. The average molecular weight is 1710 g/mol. The predicted octanol–water partition coefficient (Wildman–Crippen LogP) is 15.0. The van der Waals surface area contributed by atoms with Gasteiger partial charge in [0.05, 0.1) is 104 Å². The van der Waals surface area contributed by atoms with E-state index in [0.717, 1.165) is 47.5 Å². The Labute approximate surface area is 658 Å². The van der Waals surface area contributed by atoms with Crippen LogP contribution >= 0.6 is 46.4 Å². The van der Waals surface area contributed by atoms with Crippen molar-refractivity contribution in [3.63, 3.8) is 0 Å². The molecule has 0 saturated carbocycles. The normalized spacial score (nSPS) is 11.6. The zero-order valence-electron chi connectivity index (χ0n) is 60.6. The standard InChI is InChI=1S/C24H24ClF4N5O4S.C22H25ClFN5O3S.C13H12Cl2FN3O2S.C11H13F3N2O2/c1-13(2)39(36,37)20-11-15(26)5-6-17(20)32-21-16(25)12-31-23(34-21)33-18-10-14(4-7-19(18)38-3)8-9-30-22(35)24(27,28)29;1-13(2)33(30,31)20-11-15(24)5-6-17(20)27-21-16(23)12-26-22(29-21)28-18-10-14(8-9-25)4-7-19(18)32-3;1-7(2)22(20,21)11-5-8(16)3-4-10(11)18-12-9(14)6-17-13(15)19-12;1-18-9-3-2-7(6-8(9)15)4-5-16-10(17)11(12,13)14/h4-7,10-13H,8-9H2,1-3H3,(H,30,35)(H2,31,32,33,34);4-7,10-13H,8-9,25H2,1-3H3,(H2,26,27,28,29);3-7H,1-2H3,(H,17,18,19);2-3,6H,4-5,15H2,1H3,(H,16,17). The highest BCUT2D eigenvalue weighted by atomic mass is 35.5. The van der Waals surface area contributed by atoms with Gasteiger partial charge in [0.1, 0.15) is 49.8 Å². The summed E-state index contributed by atoms with van der Waals surface area (Å²) in [7, 11) is -6.91. The maximum atomic E-state index is 13.9. The number of benzene rings is 6. The molecule has 112 heavy (non-hydrogen) atoms. The molecule has 0 bridgehead atoms. The Hall–Kier alpha value is -9.96. The molecule has 0 aliphatic rings. The number of nitrogens with zero attached hydrogens (tertiary/aromatic N) is 6. The SMILES string of the molecule is CC(C)S(=O)(=O)c1cc(F)ccc1Nc1nc(Cl)ncc1Cl.COc1ccc(CCN)cc1Nc1ncc(Cl)c(Nc2ccc(F)cc2S(=O)(=O)C(C)C)n1.COc1ccc(CCNC(=O)C(F)(F)F)cc1N.COc1ccc(CCNC(=O)C(F)(F)F)cc1Nc1ncc(Cl)c(Nc2ccc(F)cc2S(=O)(=O)C(C)C)n1. The van der Waals surface area contributed by atoms with Crippen LogP contribution in [0.1, 0.15) is 58.2 Å². The predicted molar refractivity (Wildman–Crippen MR) is 410 cm³/mol. The number of methoxy groups -OCH3 is 3. The van der Waals surface area contributed by atoms with Gasteiger partial charge in [-0.2, -0.15) is 41.3 Å². The van der Waals surface area contributed by atoms with Crippen LogP contribution in [-0.4, -0.2) is 136 Å². The van der Waals surface area contributed by atoms with E-state index in [4.69, 9.17) is 72.1 Å². The monoisotopic (exact) mass is 1710 g/mol. The number of nitrogens with two attached hydrogens (primary N) is 2. The maximum Gasteiger partial charge on any atom is 0.471 e. The van der Waals surface area contributed by atoms with Gasteiger partial charge in [0.15, 0.2) is 47.0 Å². The van der Waals surface area contributed by atoms with Crippen LogP contribution in [0.4, 0.5) is 103 Å². The molecule has 3 heterocycles. The van der Waals surface area contributed by atoms with Crippen molar-refractivity contribution in [2.24, 2.45) is 5.73 Å². The van der Waals surface area contributed by atoms with Gasteiger partial charge in [-0.05, 0) is 187 Å². The minimum Gasteiger partial charge on any atom is -0.495 e. The summed E-state index contributed by atoms with van der Waals surface area (Å²) in [6, 6.07) is 25.3. The molecule has 0 aliphatic carbocycles. The Morgan fingerprint density at radius 1 is 0.438 bits per heavy atom. The second-order valence-electron chi connectivity index (χ2n) is 24.1. The summed E-state index contributed by atoms with van der Waals surface area (Å²) in [4.78, 5) is 45.5. The van der Waals surface area contributed by atoms with E-state index >= 15 is 0 Å². The van der Waals surface area contributed by atoms with Crippen LogP contribution in [0, 0.1) is 17.5 Å². The summed E-state index contributed by atoms with van der Waals surface area (Å²) >= 11 is 24.1. The number of sulfone groups is 3. The molecular formula is C70H74Cl4F9N15O11S3. The molecule has 0 spiro atoms. The first-order valence-corrected chi connectivity index (χ1v) is 38.9. The van der Waals surface area contributed by atoms with E-state index in [-0.39, 0.29) is 107 Å². The summed E-state index contributed by atoms with van der Waals surface area (Å²) in [5.74, 6) is -4.09. The third-order valence-electron chi connectivity index (χ3n) is 15.2. The molecule has 6 aromatic carbocycles. The highest BCUT2D eigenvalue weighted by Gasteiger charge is 2.39. The number of rotatable bonds is 27. The second-order valence-corrected chi connectivity index (χ2v) is 33.1. The van der Waals surface area contributed by atoms with Crippen molar-refractivity contribution in [1.29, 1.82) is 0 Å². The van der Waals surface area contributed by atoms with Crippen LogP contribution in [0.25, 0.3) is 0 Å². The molecule has 604 valence electrons. The van der Waals surface area contributed by atoms with E-state index in [1.807, 2.05) is 18.2 Å². The van der Waals surface area contributed by atoms with E-state index in [2.05, 4.69) is 56.5 Å². The zero-order chi connectivity index (χ0) is 83.4. The van der Waals surface area contributed by atoms with Gasteiger partial charge >= 0.3 is 24.2 Å². The molecule has 42 heteroatoms. The van der Waals surface area contributed by atoms with Crippen LogP contribution in [0.2, 0.25) is 20.4 Å². The molecule has 26 nitrogen and oxygen atoms in total. The number of carbonyl (C=O) groups is 2. The molecule has 0 saturated heterocycles. The minimum absolute atomic E-state index is 0.0121. The van der Waals surface area contributed by atoms with Crippen LogP contribution in [0.5, 0.6) is 17.2 Å². The molecule has 0 atom stereocenters. The van der Waals surface area contributed by atoms with Gasteiger partial charge in [-0.15, -0.1) is 0 Å². The fourth-order valence-corrected chi connectivity index (χ4v) is 13.5. The van der Waals surface area contributed by atoms with Crippen LogP contribution in [-0.2, 0) is 58.4 Å². The number of ether oxygens (including phenoxy) is 3. The minimum atomic E-state index is -4.97. The molecule has 3 aromatic heterocycles. The number of anilines is 11. The first kappa shape index (κ1) is 90.9. The average Bonchev–Trinajstić information content (AvgIpc) is 0.712. The molecule has 0 unspecified atom stereocenters. The number of nitrogen functional groups attached to an aromatic ring is 1. The number of carbonyl (C=O) groups excluding carboxylic acids is 2. The van der Waals surface area contributed by atoms with Crippen molar-refractivity contribution in [3.8, 4) is 17.2 Å². The molecule has 11 N–H and O–H groups in total. The number of alkyl halides is 6. The van der Waals surface area contributed by atoms with Gasteiger partial charge in [-0.1, -0.05) is 53.0 Å². The number of hydrogen-bond donors (Lipinski definition) is 9. The third kappa shape index (κ3) is 25.5. The Morgan fingerprint density at radius 2 is 0.759 bits per heavy atom. The van der Waals surface area contributed by atoms with Gasteiger partial charge in [-0.3, -0.25) is 9.59 Å². The van der Waals surface area contributed by atoms with Crippen LogP contribution < -0.4 is 62.9 Å². The van der Waals surface area contributed by atoms with E-state index < -0.39 is 86.9 Å². The van der Waals surface area contributed by atoms with Crippen LogP contribution in [0.15, 0.2) is 142 Å². The van der Waals surface area contributed by atoms with E-state index in [9.17, 15) is 74.4 Å². The third-order valence-corrected chi connectivity index (χ3v) is 22.8. The number of nitrogens with one attached hydrogen (secondary N) is 7. The number of amides is 2. The molecule has 0 fully saturated rings. The summed E-state index contributed by atoms with van der Waals surface area (Å²) in [6.07, 6.45) is -4.89. The van der Waals surface area contributed by atoms with E-state index in [1.54, 1.807) is 54.1 Å². The Morgan fingerprint density at radius 3 is 1.08 bits per heavy atom. The fraction of sp³-hybridized carbons (Fsp3) is 0.286. The Kier molecular flexibility index (Phi) is 32.5. The lowest BCUT2D eigenvalue weighted by molar-refractivity contribution is -0.173. The van der Waals surface area contributed by atoms with Crippen molar-refractivity contribution in [2.75, 3.05) is 73.3 Å². The Balaban J connectivity index is 0.000000243. The van der Waals surface area contributed by atoms with Gasteiger partial charge in [-0.25, -0.2) is 53.4 Å². The number of halogens is 13. The van der Waals surface area contributed by atoms with Crippen molar-refractivity contribution in [1.82, 2.24) is 40.5 Å². The second kappa shape index (κ2) is 40.0. The van der Waals surface area contributed by atoms with Gasteiger partial charge in [0.25, 0.3) is 0 Å². The Bertz CT molecular complexity index is 5190. The lowest BCUT2D eigenvalue weighted by atomic mass is 10.1. The summed E-state index contributed by atoms with van der Waals surface area (Å²) < 4.78 is 205. The smallest absolute Gasteiger partial charge is 0.471 e. The summed E-state index contributed by atoms with van der Waals surface area (Å²) in [5.41, 5.74) is 15.3. The first-order valence-electron chi connectivity index (χ1n) is 32.8. The van der Waals surface area contributed by atoms with Crippen molar-refractivity contribution in [3.05, 3.63) is 182 Å². The zero-order valence-corrected chi connectivity index (χ0v) is 66.0. The van der Waals surface area contributed by atoms with Crippen molar-refractivity contribution < 1.29 is 88.6 Å². The van der Waals surface area contributed by atoms with Gasteiger partial charge in [0.2, 0.25) is 17.2 Å². The quantitative estimate of drug-likeness (QED) is 0.0131. The van der Waals surface area contributed by atoms with E-state index in [1.165, 1.54) is 92.6 Å². The van der Waals surface area contributed by atoms with Crippen molar-refractivity contribution in [2.45, 2.75) is 104 Å². The fourth-order valence-electron chi connectivity index (χ4n) is 9.32. The van der Waals surface area contributed by atoms with E-state index in [0.29, 0.717) is 52.8 Å².